The number of carbonyl (C=O) groups is 1. The molecule has 1 unspecified atom stereocenters. The van der Waals surface area contributed by atoms with Crippen LogP contribution in [0.3, 0.4) is 0 Å². The number of benzene rings is 1. The zero-order chi connectivity index (χ0) is 16.5. The van der Waals surface area contributed by atoms with Crippen molar-refractivity contribution in [3.05, 3.63) is 52.8 Å². The minimum Gasteiger partial charge on any atom is -0.426 e. The predicted molar refractivity (Wildman–Crippen MR) is 92.9 cm³/mol. The number of nitrogens with one attached hydrogen (secondary N) is 1. The third kappa shape index (κ3) is 2.97. The van der Waals surface area contributed by atoms with Gasteiger partial charge in [-0.1, -0.05) is 17.7 Å². The van der Waals surface area contributed by atoms with E-state index in [4.69, 9.17) is 16.3 Å². The molecule has 4 rings (SSSR count). The van der Waals surface area contributed by atoms with Crippen molar-refractivity contribution in [1.82, 2.24) is 10.3 Å². The number of rotatable bonds is 2. The molecule has 1 saturated heterocycles. The molecule has 0 spiro atoms. The minimum absolute atomic E-state index is 0.255. The number of hydrogen-bond acceptors (Lipinski definition) is 5. The Morgan fingerprint density at radius 1 is 1.21 bits per heavy atom. The van der Waals surface area contributed by atoms with Gasteiger partial charge in [0.05, 0.1) is 10.7 Å². The Bertz CT molecular complexity index is 757. The summed E-state index contributed by atoms with van der Waals surface area (Å²) in [5.41, 5.74) is 2.84. The molecule has 1 atom stereocenters. The summed E-state index contributed by atoms with van der Waals surface area (Å²) < 4.78 is 5.61. The second-order valence-corrected chi connectivity index (χ2v) is 6.54. The molecule has 1 fully saturated rings. The van der Waals surface area contributed by atoms with E-state index >= 15 is 0 Å². The van der Waals surface area contributed by atoms with Crippen LogP contribution >= 0.6 is 11.6 Å². The van der Waals surface area contributed by atoms with Crippen molar-refractivity contribution in [2.75, 3.05) is 31.1 Å². The van der Waals surface area contributed by atoms with Crippen LogP contribution < -0.4 is 15.0 Å². The van der Waals surface area contributed by atoms with Gasteiger partial charge < -0.3 is 15.0 Å². The van der Waals surface area contributed by atoms with Crippen molar-refractivity contribution in [1.29, 1.82) is 0 Å². The van der Waals surface area contributed by atoms with Crippen LogP contribution in [0.5, 0.6) is 5.75 Å². The Balaban J connectivity index is 1.59. The molecule has 5 nitrogen and oxygen atoms in total. The van der Waals surface area contributed by atoms with Gasteiger partial charge >= 0.3 is 5.97 Å². The number of fused-ring (bicyclic) bond motifs is 1. The normalized spacial score (nSPS) is 20.5. The van der Waals surface area contributed by atoms with Crippen molar-refractivity contribution < 1.29 is 9.53 Å². The third-order valence-electron chi connectivity index (χ3n) is 4.56. The number of halogens is 1. The van der Waals surface area contributed by atoms with Crippen LogP contribution in [0.1, 0.15) is 17.2 Å². The Hall–Kier alpha value is -2.11. The molecule has 1 N–H and O–H groups in total. The maximum atomic E-state index is 12.4. The monoisotopic (exact) mass is 343 g/mol. The third-order valence-corrected chi connectivity index (χ3v) is 4.78. The summed E-state index contributed by atoms with van der Waals surface area (Å²) in [6.07, 6.45) is 2.16. The molecule has 2 aliphatic rings. The Kier molecular flexibility index (Phi) is 4.12. The van der Waals surface area contributed by atoms with Gasteiger partial charge in [0.15, 0.2) is 0 Å². The van der Waals surface area contributed by atoms with E-state index in [-0.39, 0.29) is 11.9 Å². The van der Waals surface area contributed by atoms with E-state index in [9.17, 15) is 4.79 Å². The summed E-state index contributed by atoms with van der Waals surface area (Å²) in [5, 5.41) is 3.90. The zero-order valence-corrected chi connectivity index (χ0v) is 13.9. The molecule has 0 radical (unpaired) electrons. The second-order valence-electron chi connectivity index (χ2n) is 6.11. The van der Waals surface area contributed by atoms with Crippen molar-refractivity contribution >= 4 is 23.3 Å². The molecule has 2 aliphatic heterocycles. The molecule has 0 amide bonds. The van der Waals surface area contributed by atoms with Gasteiger partial charge in [0, 0.05) is 44.1 Å². The van der Waals surface area contributed by atoms with Crippen LogP contribution in [-0.4, -0.2) is 37.1 Å². The van der Waals surface area contributed by atoms with Gasteiger partial charge in [-0.2, -0.15) is 0 Å². The molecule has 3 heterocycles. The van der Waals surface area contributed by atoms with Crippen LogP contribution in [-0.2, 0) is 11.2 Å². The number of anilines is 1. The lowest BCUT2D eigenvalue weighted by molar-refractivity contribution is -0.137. The van der Waals surface area contributed by atoms with E-state index < -0.39 is 0 Å². The van der Waals surface area contributed by atoms with E-state index in [1.165, 1.54) is 0 Å². The fourth-order valence-corrected chi connectivity index (χ4v) is 3.34. The second kappa shape index (κ2) is 6.42. The average molecular weight is 344 g/mol. The summed E-state index contributed by atoms with van der Waals surface area (Å²) in [4.78, 5) is 19.0. The van der Waals surface area contributed by atoms with Gasteiger partial charge in [-0.25, -0.2) is 0 Å². The highest BCUT2D eigenvalue weighted by Crippen LogP contribution is 2.35. The summed E-state index contributed by atoms with van der Waals surface area (Å²) >= 11 is 5.87. The molecule has 2 aromatic rings. The molecule has 24 heavy (non-hydrogen) atoms. The van der Waals surface area contributed by atoms with E-state index in [0.29, 0.717) is 22.9 Å². The van der Waals surface area contributed by atoms with Gasteiger partial charge in [-0.15, -0.1) is 0 Å². The predicted octanol–water partition coefficient (Wildman–Crippen LogP) is 2.39. The highest BCUT2D eigenvalue weighted by atomic mass is 35.5. The van der Waals surface area contributed by atoms with Crippen LogP contribution in [0.4, 0.5) is 5.69 Å². The number of hydrogen-bond donors (Lipinski definition) is 1. The Labute approximate surface area is 145 Å². The van der Waals surface area contributed by atoms with Crippen molar-refractivity contribution in [2.45, 2.75) is 12.3 Å². The topological polar surface area (TPSA) is 54.5 Å². The number of aromatic nitrogens is 1. The fraction of sp³-hybridized carbons (Fsp3) is 0.333. The standard InChI is InChI=1S/C18H18ClN3O2/c19-13-2-4-16(21-11-13)15-9-12-1-3-14(10-17(12)24-18(15)23)22-7-5-20-6-8-22/h1-4,10-11,15,20H,5-9H2. The van der Waals surface area contributed by atoms with Crippen LogP contribution in [0.15, 0.2) is 36.5 Å². The fourth-order valence-electron chi connectivity index (χ4n) is 3.23. The lowest BCUT2D eigenvalue weighted by atomic mass is 9.92. The first-order valence-electron chi connectivity index (χ1n) is 8.12. The van der Waals surface area contributed by atoms with Gasteiger partial charge in [-0.05, 0) is 30.2 Å². The molecule has 6 heteroatoms. The van der Waals surface area contributed by atoms with Gasteiger partial charge in [-0.3, -0.25) is 9.78 Å². The SMILES string of the molecule is O=C1Oc2cc(N3CCNCC3)ccc2CC1c1ccc(Cl)cn1. The summed E-state index contributed by atoms with van der Waals surface area (Å²) in [7, 11) is 0. The summed E-state index contributed by atoms with van der Waals surface area (Å²) in [6.45, 7) is 3.87. The lowest BCUT2D eigenvalue weighted by Crippen LogP contribution is -2.43. The molecule has 124 valence electrons. The number of ether oxygens (including phenoxy) is 1. The number of carbonyl (C=O) groups excluding carboxylic acids is 1. The molecule has 0 aliphatic carbocycles. The lowest BCUT2D eigenvalue weighted by Gasteiger charge is -2.31. The van der Waals surface area contributed by atoms with Gasteiger partial charge in [0.1, 0.15) is 11.7 Å². The maximum absolute atomic E-state index is 12.4. The van der Waals surface area contributed by atoms with Gasteiger partial charge in [0.2, 0.25) is 0 Å². The van der Waals surface area contributed by atoms with Crippen molar-refractivity contribution in [3.63, 3.8) is 0 Å². The largest absolute Gasteiger partial charge is 0.426 e. The Morgan fingerprint density at radius 3 is 2.79 bits per heavy atom. The molecule has 1 aromatic carbocycles. The highest BCUT2D eigenvalue weighted by molar-refractivity contribution is 6.30. The number of piperazine rings is 1. The molecule has 0 saturated carbocycles. The zero-order valence-electron chi connectivity index (χ0n) is 13.2. The number of esters is 1. The Morgan fingerprint density at radius 2 is 2.04 bits per heavy atom. The van der Waals surface area contributed by atoms with Crippen molar-refractivity contribution in [3.8, 4) is 5.75 Å². The first-order chi connectivity index (χ1) is 11.7. The smallest absolute Gasteiger partial charge is 0.320 e. The quantitative estimate of drug-likeness (QED) is 0.670. The summed E-state index contributed by atoms with van der Waals surface area (Å²) in [5.74, 6) is 0.0378. The molecule has 0 bridgehead atoms. The first-order valence-corrected chi connectivity index (χ1v) is 8.50. The van der Waals surface area contributed by atoms with E-state index in [1.807, 2.05) is 6.07 Å². The van der Waals surface area contributed by atoms with Crippen LogP contribution in [0.2, 0.25) is 5.02 Å². The molecular formula is C18H18ClN3O2. The first kappa shape index (κ1) is 15.4. The number of nitrogens with zero attached hydrogens (tertiary/aromatic N) is 2. The minimum atomic E-state index is -0.375. The highest BCUT2D eigenvalue weighted by Gasteiger charge is 2.31. The number of pyridine rings is 1. The van der Waals surface area contributed by atoms with Crippen LogP contribution in [0, 0.1) is 0 Å². The van der Waals surface area contributed by atoms with Crippen LogP contribution in [0.25, 0.3) is 0 Å². The van der Waals surface area contributed by atoms with Gasteiger partial charge in [0.25, 0.3) is 0 Å². The van der Waals surface area contributed by atoms with Crippen molar-refractivity contribution in [2.24, 2.45) is 0 Å². The molecular weight excluding hydrogens is 326 g/mol. The van der Waals surface area contributed by atoms with E-state index in [2.05, 4.69) is 27.3 Å². The molecule has 1 aromatic heterocycles. The van der Waals surface area contributed by atoms with E-state index in [1.54, 1.807) is 18.3 Å². The van der Waals surface area contributed by atoms with E-state index in [0.717, 1.165) is 37.4 Å². The average Bonchev–Trinajstić information content (AvgIpc) is 2.62. The summed E-state index contributed by atoms with van der Waals surface area (Å²) in [6, 6.07) is 9.68. The maximum Gasteiger partial charge on any atom is 0.320 e.